The number of fused-ring (bicyclic) bond motifs is 6. The molecular weight excluding hydrogens is 705 g/mol. The number of rotatable bonds is 5. The van der Waals surface area contributed by atoms with E-state index in [-0.39, 0.29) is 22.0 Å². The fraction of sp³-hybridized carbons (Fsp3) is 0.158. The van der Waals surface area contributed by atoms with Crippen LogP contribution < -0.4 is 0 Å². The highest BCUT2D eigenvalue weighted by Gasteiger charge is 2.40. The molecule has 0 amide bonds. The van der Waals surface area contributed by atoms with E-state index in [1.54, 1.807) is 45.3 Å². The van der Waals surface area contributed by atoms with Gasteiger partial charge in [0.25, 0.3) is 0 Å². The van der Waals surface area contributed by atoms with Gasteiger partial charge in [0.1, 0.15) is 35.4 Å². The number of nitriles is 4. The van der Waals surface area contributed by atoms with Gasteiger partial charge in [-0.15, -0.1) is 68.0 Å². The third-order valence-corrected chi connectivity index (χ3v) is 16.3. The molecule has 0 aromatic carbocycles. The Balaban J connectivity index is 1.23. The van der Waals surface area contributed by atoms with Crippen LogP contribution >= 0.6 is 68.0 Å². The maximum Gasteiger partial charge on any atom is 0.139 e. The van der Waals surface area contributed by atoms with Crippen molar-refractivity contribution >= 4 is 79.2 Å². The topological polar surface area (TPSA) is 95.2 Å². The summed E-state index contributed by atoms with van der Waals surface area (Å²) in [6.45, 7) is 9.04. The quantitative estimate of drug-likeness (QED) is 0.130. The van der Waals surface area contributed by atoms with Gasteiger partial charge >= 0.3 is 0 Å². The van der Waals surface area contributed by atoms with Crippen molar-refractivity contribution in [2.24, 2.45) is 0 Å². The Kier molecular flexibility index (Phi) is 7.15. The molecule has 8 rings (SSSR count). The minimum Gasteiger partial charge on any atom is -0.192 e. The van der Waals surface area contributed by atoms with Crippen LogP contribution in [0.5, 0.6) is 0 Å². The summed E-state index contributed by atoms with van der Waals surface area (Å²) < 4.78 is 0. The molecule has 0 atom stereocenters. The first-order valence-electron chi connectivity index (χ1n) is 14.9. The third-order valence-electron chi connectivity index (χ3n) is 9.29. The first-order chi connectivity index (χ1) is 23.1. The molecule has 0 fully saturated rings. The monoisotopic (exact) mass is 726 g/mol. The lowest BCUT2D eigenvalue weighted by atomic mass is 9.84. The standard InChI is InChI=1S/C38H22N4S6/c1-37(2)21-9-11-43-33(21)35-23(37)13-29(47-35)25-5-7-27(45-25)31(19(15-39)16-40)32(20(17-41)18-42)28-8-6-26(46-28)30-14-24-36(48-30)34-22(10-12-44-34)38(24,3)4/h5-14H,1-4H3. The largest absolute Gasteiger partial charge is 0.192 e. The van der Waals surface area contributed by atoms with Crippen molar-refractivity contribution in [2.75, 3.05) is 0 Å². The fourth-order valence-electron chi connectivity index (χ4n) is 6.76. The summed E-state index contributed by atoms with van der Waals surface area (Å²) in [5, 5.41) is 45.0. The van der Waals surface area contributed by atoms with Crippen LogP contribution in [0.3, 0.4) is 0 Å². The van der Waals surface area contributed by atoms with Crippen LogP contribution in [-0.2, 0) is 10.8 Å². The third kappa shape index (κ3) is 4.36. The highest BCUT2D eigenvalue weighted by atomic mass is 32.1. The average molecular weight is 727 g/mol. The molecule has 48 heavy (non-hydrogen) atoms. The van der Waals surface area contributed by atoms with Crippen molar-refractivity contribution in [1.82, 2.24) is 0 Å². The molecule has 0 aliphatic heterocycles. The zero-order valence-corrected chi connectivity index (χ0v) is 30.9. The van der Waals surface area contributed by atoms with Crippen LogP contribution in [0.15, 0.2) is 70.4 Å². The summed E-state index contributed by atoms with van der Waals surface area (Å²) in [6, 6.07) is 25.1. The van der Waals surface area contributed by atoms with Gasteiger partial charge in [0.15, 0.2) is 0 Å². The Morgan fingerprint density at radius 2 is 0.875 bits per heavy atom. The molecule has 6 aromatic heterocycles. The van der Waals surface area contributed by atoms with Crippen molar-refractivity contribution in [3.05, 3.63) is 102 Å². The van der Waals surface area contributed by atoms with Gasteiger partial charge in [-0.25, -0.2) is 0 Å². The Morgan fingerprint density at radius 3 is 1.25 bits per heavy atom. The highest BCUT2D eigenvalue weighted by Crippen LogP contribution is 2.58. The predicted molar refractivity (Wildman–Crippen MR) is 202 cm³/mol. The lowest BCUT2D eigenvalue weighted by Crippen LogP contribution is -2.13. The smallest absolute Gasteiger partial charge is 0.139 e. The SMILES string of the molecule is CC1(C)c2ccsc2-c2sc(-c3ccc(C(=C(C#N)C#N)C(=C(C#N)C#N)c4ccc(-c5cc6c(s5)-c5sccc5C6(C)C)s4)s3)cc21. The molecule has 0 saturated heterocycles. The van der Waals surface area contributed by atoms with Crippen molar-refractivity contribution in [2.45, 2.75) is 38.5 Å². The summed E-state index contributed by atoms with van der Waals surface area (Å²) in [4.78, 5) is 10.8. The van der Waals surface area contributed by atoms with Crippen LogP contribution in [0.25, 0.3) is 50.2 Å². The summed E-state index contributed by atoms with van der Waals surface area (Å²) in [5.74, 6) is 0. The van der Waals surface area contributed by atoms with E-state index in [0.29, 0.717) is 20.9 Å². The van der Waals surface area contributed by atoms with Gasteiger partial charge in [0, 0.05) is 70.7 Å². The molecule has 2 aliphatic carbocycles. The zero-order valence-electron chi connectivity index (χ0n) is 26.0. The van der Waals surface area contributed by atoms with Gasteiger partial charge in [-0.2, -0.15) is 21.0 Å². The van der Waals surface area contributed by atoms with Crippen LogP contribution in [0.4, 0.5) is 0 Å². The van der Waals surface area contributed by atoms with Crippen molar-refractivity contribution in [3.63, 3.8) is 0 Å². The van der Waals surface area contributed by atoms with Gasteiger partial charge < -0.3 is 0 Å². The molecule has 0 spiro atoms. The lowest BCUT2D eigenvalue weighted by Gasteiger charge is -2.18. The molecule has 0 unspecified atom stereocenters. The van der Waals surface area contributed by atoms with Gasteiger partial charge in [-0.05, 0) is 81.5 Å². The number of hydrogen-bond acceptors (Lipinski definition) is 10. The first-order valence-corrected chi connectivity index (χ1v) is 19.9. The minimum absolute atomic E-state index is 0.0782. The molecule has 0 N–H and O–H groups in total. The number of allylic oxidation sites excluding steroid dienone is 4. The fourth-order valence-corrected chi connectivity index (χ4v) is 14.1. The van der Waals surface area contributed by atoms with E-state index in [0.717, 1.165) is 19.5 Å². The lowest BCUT2D eigenvalue weighted by molar-refractivity contribution is 0.663. The van der Waals surface area contributed by atoms with Gasteiger partial charge in [0.2, 0.25) is 0 Å². The number of thiophene rings is 6. The first kappa shape index (κ1) is 30.9. The average Bonchev–Trinajstić information content (AvgIpc) is 3.91. The predicted octanol–water partition coefficient (Wildman–Crippen LogP) is 12.3. The maximum atomic E-state index is 10.2. The molecule has 4 nitrogen and oxygen atoms in total. The molecular formula is C38H22N4S6. The number of hydrogen-bond donors (Lipinski definition) is 0. The maximum absolute atomic E-state index is 10.2. The normalized spacial score (nSPS) is 14.1. The van der Waals surface area contributed by atoms with E-state index in [9.17, 15) is 21.0 Å². The van der Waals surface area contributed by atoms with Crippen LogP contribution in [-0.4, -0.2) is 0 Å². The Hall–Kier alpha value is -4.36. The van der Waals surface area contributed by atoms with Gasteiger partial charge in [-0.3, -0.25) is 0 Å². The van der Waals surface area contributed by atoms with Crippen LogP contribution in [0, 0.1) is 45.3 Å². The minimum atomic E-state index is -0.128. The summed E-state index contributed by atoms with van der Waals surface area (Å²) in [6.07, 6.45) is 0. The summed E-state index contributed by atoms with van der Waals surface area (Å²) in [5.41, 5.74) is 5.59. The second-order valence-corrected chi connectivity index (χ2v) is 18.7. The second-order valence-electron chi connectivity index (χ2n) is 12.6. The van der Waals surface area contributed by atoms with Crippen LogP contribution in [0.1, 0.15) is 59.7 Å². The Morgan fingerprint density at radius 1 is 0.479 bits per heavy atom. The molecule has 6 aromatic rings. The van der Waals surface area contributed by atoms with Crippen LogP contribution in [0.2, 0.25) is 0 Å². The number of nitrogens with zero attached hydrogens (tertiary/aromatic N) is 4. The van der Waals surface area contributed by atoms with E-state index in [1.165, 1.54) is 64.4 Å². The van der Waals surface area contributed by atoms with Gasteiger partial charge in [0.05, 0.1) is 0 Å². The van der Waals surface area contributed by atoms with Gasteiger partial charge in [-0.1, -0.05) is 27.7 Å². The zero-order chi connectivity index (χ0) is 33.5. The molecule has 6 heterocycles. The molecule has 2 aliphatic rings. The van der Waals surface area contributed by atoms with E-state index in [2.05, 4.69) is 87.0 Å². The Bertz CT molecular complexity index is 2360. The molecule has 0 saturated carbocycles. The van der Waals surface area contributed by atoms with E-state index >= 15 is 0 Å². The van der Waals surface area contributed by atoms with E-state index in [4.69, 9.17) is 0 Å². The molecule has 0 bridgehead atoms. The van der Waals surface area contributed by atoms with Crippen molar-refractivity contribution in [1.29, 1.82) is 21.0 Å². The molecule has 10 heteroatoms. The molecule has 230 valence electrons. The van der Waals surface area contributed by atoms with E-state index in [1.807, 2.05) is 24.3 Å². The summed E-state index contributed by atoms with van der Waals surface area (Å²) >= 11 is 10.0. The Labute approximate surface area is 302 Å². The molecule has 0 radical (unpaired) electrons. The second kappa shape index (κ2) is 11.1. The highest BCUT2D eigenvalue weighted by molar-refractivity contribution is 7.28. The summed E-state index contributed by atoms with van der Waals surface area (Å²) in [7, 11) is 0. The van der Waals surface area contributed by atoms with Crippen molar-refractivity contribution in [3.8, 4) is 63.3 Å². The van der Waals surface area contributed by atoms with Crippen molar-refractivity contribution < 1.29 is 0 Å². The van der Waals surface area contributed by atoms with E-state index < -0.39 is 0 Å².